The van der Waals surface area contributed by atoms with E-state index in [1.807, 2.05) is 19.1 Å². The largest absolute Gasteiger partial charge is 0.365 e. The van der Waals surface area contributed by atoms with Crippen LogP contribution in [-0.2, 0) is 4.79 Å². The van der Waals surface area contributed by atoms with E-state index in [-0.39, 0.29) is 18.4 Å². The number of nitrogens with zero attached hydrogens (tertiary/aromatic N) is 4. The van der Waals surface area contributed by atoms with E-state index in [0.29, 0.717) is 41.7 Å². The van der Waals surface area contributed by atoms with Gasteiger partial charge in [-0.2, -0.15) is 0 Å². The Morgan fingerprint density at radius 1 is 1.43 bits per heavy atom. The van der Waals surface area contributed by atoms with Crippen LogP contribution in [0.5, 0.6) is 0 Å². The van der Waals surface area contributed by atoms with Gasteiger partial charge in [0.2, 0.25) is 5.91 Å². The first-order valence-electron chi connectivity index (χ1n) is 9.89. The Kier molecular flexibility index (Phi) is 5.54. The van der Waals surface area contributed by atoms with Gasteiger partial charge in [0.05, 0.1) is 29.7 Å². The molecule has 0 aromatic carbocycles. The van der Waals surface area contributed by atoms with Crippen LogP contribution in [0.4, 0.5) is 10.2 Å². The van der Waals surface area contributed by atoms with Crippen molar-refractivity contribution in [3.63, 3.8) is 0 Å². The molecule has 156 valence electrons. The molecule has 8 nitrogen and oxygen atoms in total. The fourth-order valence-electron chi connectivity index (χ4n) is 3.07. The van der Waals surface area contributed by atoms with Gasteiger partial charge in [-0.25, -0.2) is 19.4 Å². The molecule has 4 rings (SSSR count). The van der Waals surface area contributed by atoms with Gasteiger partial charge in [0.1, 0.15) is 11.6 Å². The number of carbonyl (C=O) groups is 1. The number of alkyl halides is 1. The third-order valence-corrected chi connectivity index (χ3v) is 5.12. The first kappa shape index (κ1) is 20.1. The first-order chi connectivity index (χ1) is 14.5. The lowest BCUT2D eigenvalue weighted by Crippen LogP contribution is -2.60. The van der Waals surface area contributed by atoms with Crippen molar-refractivity contribution in [3.8, 4) is 0 Å². The van der Waals surface area contributed by atoms with Crippen molar-refractivity contribution in [1.82, 2.24) is 20.6 Å². The predicted octanol–water partition coefficient (Wildman–Crippen LogP) is 2.19. The minimum atomic E-state index is -1.28. The number of nitrogens with one attached hydrogen (secondary N) is 3. The van der Waals surface area contributed by atoms with E-state index >= 15 is 0 Å². The molecule has 0 unspecified atom stereocenters. The van der Waals surface area contributed by atoms with Crippen LogP contribution in [0.3, 0.4) is 0 Å². The molecule has 1 amide bonds. The third-order valence-electron chi connectivity index (χ3n) is 5.12. The van der Waals surface area contributed by atoms with Crippen molar-refractivity contribution in [1.29, 1.82) is 0 Å². The first-order valence-corrected chi connectivity index (χ1v) is 9.89. The summed E-state index contributed by atoms with van der Waals surface area (Å²) >= 11 is 0. The minimum absolute atomic E-state index is 0.000762. The maximum atomic E-state index is 14.2. The van der Waals surface area contributed by atoms with Gasteiger partial charge >= 0.3 is 0 Å². The van der Waals surface area contributed by atoms with Crippen LogP contribution in [0, 0.1) is 5.92 Å². The van der Waals surface area contributed by atoms with E-state index in [1.54, 1.807) is 12.3 Å². The van der Waals surface area contributed by atoms with Gasteiger partial charge in [-0.3, -0.25) is 9.79 Å². The molecule has 3 heterocycles. The second-order valence-corrected chi connectivity index (χ2v) is 7.72. The van der Waals surface area contributed by atoms with Crippen LogP contribution in [0.2, 0.25) is 0 Å². The topological polar surface area (TPSA) is 104 Å². The molecule has 0 spiro atoms. The summed E-state index contributed by atoms with van der Waals surface area (Å²) in [6, 6.07) is 5.50. The van der Waals surface area contributed by atoms with Crippen LogP contribution in [0.1, 0.15) is 25.5 Å². The summed E-state index contributed by atoms with van der Waals surface area (Å²) in [6.45, 7) is 6.04. The molecule has 9 heteroatoms. The Balaban J connectivity index is 1.52. The number of anilines is 1. The minimum Gasteiger partial charge on any atom is -0.365 e. The van der Waals surface area contributed by atoms with E-state index in [2.05, 4.69) is 42.6 Å². The zero-order valence-electron chi connectivity index (χ0n) is 16.8. The molecule has 1 aliphatic carbocycles. The maximum absolute atomic E-state index is 14.2. The number of aromatic nitrogens is 2. The zero-order valence-corrected chi connectivity index (χ0v) is 16.8. The Hall–Kier alpha value is -3.20. The molecule has 2 aromatic heterocycles. The number of carbonyl (C=O) groups excluding carboxylic acids is 1. The second-order valence-electron chi connectivity index (χ2n) is 7.72. The molecule has 1 saturated heterocycles. The van der Waals surface area contributed by atoms with Crippen molar-refractivity contribution < 1.29 is 9.18 Å². The average Bonchev–Trinajstić information content (AvgIpc) is 3.55. The highest BCUT2D eigenvalue weighted by Gasteiger charge is 2.36. The molecule has 0 atom stereocenters. The Labute approximate surface area is 173 Å². The monoisotopic (exact) mass is 409 g/mol. The molecule has 2 fully saturated rings. The molecule has 3 N–H and O–H groups in total. The fraction of sp³-hybridized carbons (Fsp3) is 0.381. The Morgan fingerprint density at radius 3 is 2.90 bits per heavy atom. The standard InChI is InChI=1S/C21H24FN7O/c1-13(27-19(9-23-2)26-12-21(22)10-24-11-21)16-6-5-15-8-25-18(7-17(15)28-16)29-20(30)14-3-4-14/h5-9,14,24,26H,2-4,10-12H2,1H3,(H,25,29,30)/b19-9-,27-13?. The van der Waals surface area contributed by atoms with Crippen LogP contribution in [0.25, 0.3) is 10.9 Å². The van der Waals surface area contributed by atoms with Gasteiger partial charge in [-0.05, 0) is 38.6 Å². The maximum Gasteiger partial charge on any atom is 0.228 e. The highest BCUT2D eigenvalue weighted by Crippen LogP contribution is 2.30. The van der Waals surface area contributed by atoms with Crippen molar-refractivity contribution in [2.45, 2.75) is 25.4 Å². The molecular formula is C21H24FN7O. The molecule has 1 aliphatic heterocycles. The van der Waals surface area contributed by atoms with Crippen molar-refractivity contribution >= 4 is 35.1 Å². The van der Waals surface area contributed by atoms with Crippen molar-refractivity contribution in [2.75, 3.05) is 25.0 Å². The van der Waals surface area contributed by atoms with Gasteiger partial charge < -0.3 is 16.0 Å². The van der Waals surface area contributed by atoms with Crippen molar-refractivity contribution in [2.24, 2.45) is 15.9 Å². The molecule has 2 aromatic rings. The number of fused-ring (bicyclic) bond motifs is 1. The number of amides is 1. The Bertz CT molecular complexity index is 1040. The van der Waals surface area contributed by atoms with Gasteiger partial charge in [0, 0.05) is 36.7 Å². The van der Waals surface area contributed by atoms with Crippen LogP contribution >= 0.6 is 0 Å². The van der Waals surface area contributed by atoms with Gasteiger partial charge in [0.25, 0.3) is 0 Å². The Morgan fingerprint density at radius 2 is 2.23 bits per heavy atom. The smallest absolute Gasteiger partial charge is 0.228 e. The molecule has 0 bridgehead atoms. The number of aliphatic imine (C=N–C) groups is 2. The summed E-state index contributed by atoms with van der Waals surface area (Å²) in [4.78, 5) is 29.2. The third kappa shape index (κ3) is 4.68. The molecule has 2 aliphatic rings. The zero-order chi connectivity index (χ0) is 21.1. The number of pyridine rings is 2. The predicted molar refractivity (Wildman–Crippen MR) is 115 cm³/mol. The van der Waals surface area contributed by atoms with Crippen LogP contribution in [-0.4, -0.2) is 53.6 Å². The van der Waals surface area contributed by atoms with Crippen LogP contribution in [0.15, 0.2) is 46.4 Å². The summed E-state index contributed by atoms with van der Waals surface area (Å²) in [5.41, 5.74) is 0.718. The second kappa shape index (κ2) is 8.27. The summed E-state index contributed by atoms with van der Waals surface area (Å²) in [6.07, 6.45) is 5.00. The van der Waals surface area contributed by atoms with E-state index in [4.69, 9.17) is 0 Å². The molecular weight excluding hydrogens is 385 g/mol. The summed E-state index contributed by atoms with van der Waals surface area (Å²) in [7, 11) is 0. The number of rotatable bonds is 8. The average molecular weight is 409 g/mol. The number of halogens is 1. The van der Waals surface area contributed by atoms with Crippen molar-refractivity contribution in [3.05, 3.63) is 42.1 Å². The fourth-order valence-corrected chi connectivity index (χ4v) is 3.07. The normalized spacial score (nSPS) is 18.6. The van der Waals surface area contributed by atoms with E-state index in [0.717, 1.165) is 18.2 Å². The summed E-state index contributed by atoms with van der Waals surface area (Å²) in [5, 5.41) is 9.60. The van der Waals surface area contributed by atoms with Gasteiger partial charge in [-0.1, -0.05) is 0 Å². The summed E-state index contributed by atoms with van der Waals surface area (Å²) < 4.78 is 14.2. The lowest BCUT2D eigenvalue weighted by atomic mass is 10.00. The van der Waals surface area contributed by atoms with E-state index in [1.165, 1.54) is 6.20 Å². The highest BCUT2D eigenvalue weighted by molar-refractivity contribution is 6.00. The van der Waals surface area contributed by atoms with Crippen LogP contribution < -0.4 is 16.0 Å². The van der Waals surface area contributed by atoms with Gasteiger partial charge in [0.15, 0.2) is 5.67 Å². The van der Waals surface area contributed by atoms with E-state index in [9.17, 15) is 9.18 Å². The SMILES string of the molecule is C=N/C=C(\N=C(C)c1ccc2cnc(NC(=O)C3CC3)cc2n1)NCC1(F)CNC1. The number of hydrogen-bond acceptors (Lipinski definition) is 7. The lowest BCUT2D eigenvalue weighted by molar-refractivity contribution is -0.117. The molecule has 0 radical (unpaired) electrons. The summed E-state index contributed by atoms with van der Waals surface area (Å²) in [5.74, 6) is 1.01. The quantitative estimate of drug-likeness (QED) is 0.580. The number of hydrogen-bond donors (Lipinski definition) is 3. The van der Waals surface area contributed by atoms with Gasteiger partial charge in [-0.15, -0.1) is 0 Å². The van der Waals surface area contributed by atoms with E-state index < -0.39 is 5.67 Å². The highest BCUT2D eigenvalue weighted by atomic mass is 19.1. The molecule has 30 heavy (non-hydrogen) atoms. The lowest BCUT2D eigenvalue weighted by Gasteiger charge is -2.35. The molecule has 1 saturated carbocycles.